The van der Waals surface area contributed by atoms with Crippen molar-refractivity contribution in [1.29, 1.82) is 0 Å². The second-order valence-electron chi connectivity index (χ2n) is 8.57. The van der Waals surface area contributed by atoms with Crippen molar-refractivity contribution in [2.75, 3.05) is 13.9 Å². The molecule has 0 heterocycles. The van der Waals surface area contributed by atoms with Crippen LogP contribution in [-0.2, 0) is 19.3 Å². The van der Waals surface area contributed by atoms with Crippen molar-refractivity contribution in [2.24, 2.45) is 11.8 Å². The summed E-state index contributed by atoms with van der Waals surface area (Å²) in [5, 5.41) is -0.386. The topological polar surface area (TPSA) is 52.6 Å². The molecule has 1 fully saturated rings. The molecule has 0 N–H and O–H groups in total. The summed E-state index contributed by atoms with van der Waals surface area (Å²) in [6.45, 7) is 4.42. The molecule has 4 nitrogen and oxygen atoms in total. The molecule has 2 aliphatic rings. The summed E-state index contributed by atoms with van der Waals surface area (Å²) in [6, 6.07) is 8.96. The highest BCUT2D eigenvalue weighted by molar-refractivity contribution is 7.92. The lowest BCUT2D eigenvalue weighted by molar-refractivity contribution is -0.0551. The highest BCUT2D eigenvalue weighted by atomic mass is 32.2. The van der Waals surface area contributed by atoms with Crippen molar-refractivity contribution in [3.05, 3.63) is 53.6 Å². The number of benzene rings is 1. The molecular weight excluding hydrogens is 384 g/mol. The van der Waals surface area contributed by atoms with Gasteiger partial charge in [-0.15, -0.1) is 0 Å². The standard InChI is InChI=1S/C24H34O4S/c1-18-12-13-20-8-7-11-23(20)24(29(25,26)22-9-5-4-6-10-22)16-19(2)15-21(14-18)28-17-27-3/h4-6,9-10,12,15,20-21,23-24H,7-8,11,13-14,16-17H2,1-3H3/b18-12+,19-15+/t20-,21?,23+,24?/m1/s1. The summed E-state index contributed by atoms with van der Waals surface area (Å²) in [5.74, 6) is 0.627. The van der Waals surface area contributed by atoms with Gasteiger partial charge >= 0.3 is 0 Å². The molecule has 4 atom stereocenters. The molecule has 29 heavy (non-hydrogen) atoms. The van der Waals surface area contributed by atoms with Crippen LogP contribution in [0.2, 0.25) is 0 Å². The molecule has 1 aromatic carbocycles. The fraction of sp³-hybridized carbons (Fsp3) is 0.583. The molecule has 1 aromatic rings. The molecule has 160 valence electrons. The Hall–Kier alpha value is -1.43. The van der Waals surface area contributed by atoms with Crippen molar-refractivity contribution in [3.8, 4) is 0 Å². The number of ether oxygens (including phenoxy) is 2. The van der Waals surface area contributed by atoms with E-state index in [1.165, 1.54) is 5.57 Å². The quantitative estimate of drug-likeness (QED) is 0.480. The average Bonchev–Trinajstić information content (AvgIpc) is 3.16. The minimum atomic E-state index is -3.40. The molecule has 0 spiro atoms. The molecule has 1 saturated carbocycles. The predicted octanol–water partition coefficient (Wildman–Crippen LogP) is 5.31. The van der Waals surface area contributed by atoms with Crippen molar-refractivity contribution in [1.82, 2.24) is 0 Å². The lowest BCUT2D eigenvalue weighted by Crippen LogP contribution is -2.33. The highest BCUT2D eigenvalue weighted by Crippen LogP contribution is 2.43. The largest absolute Gasteiger partial charge is 0.359 e. The molecule has 0 amide bonds. The third kappa shape index (κ3) is 5.59. The van der Waals surface area contributed by atoms with E-state index in [0.29, 0.717) is 17.2 Å². The van der Waals surface area contributed by atoms with Gasteiger partial charge < -0.3 is 9.47 Å². The van der Waals surface area contributed by atoms with E-state index in [1.807, 2.05) is 25.1 Å². The van der Waals surface area contributed by atoms with E-state index in [4.69, 9.17) is 9.47 Å². The number of sulfone groups is 1. The first-order valence-corrected chi connectivity index (χ1v) is 12.2. The van der Waals surface area contributed by atoms with Gasteiger partial charge in [-0.2, -0.15) is 0 Å². The first-order chi connectivity index (χ1) is 13.9. The van der Waals surface area contributed by atoms with E-state index >= 15 is 0 Å². The maximum absolute atomic E-state index is 13.6. The zero-order valence-electron chi connectivity index (χ0n) is 17.8. The van der Waals surface area contributed by atoms with Gasteiger partial charge in [0.1, 0.15) is 6.79 Å². The van der Waals surface area contributed by atoms with E-state index in [0.717, 1.165) is 37.7 Å². The fourth-order valence-electron chi connectivity index (χ4n) is 4.90. The van der Waals surface area contributed by atoms with Gasteiger partial charge in [-0.1, -0.05) is 47.9 Å². The molecule has 3 rings (SSSR count). The molecular formula is C24H34O4S. The van der Waals surface area contributed by atoms with Crippen molar-refractivity contribution in [2.45, 2.75) is 68.6 Å². The Balaban J connectivity index is 1.98. The summed E-state index contributed by atoms with van der Waals surface area (Å²) < 4.78 is 38.2. The SMILES string of the molecule is COCOC1/C=C(\C)CC(S(=O)(=O)c2ccccc2)[C@H]2CCC[C@@H]2C/C=C(\C)C1. The number of fused-ring (bicyclic) bond motifs is 1. The van der Waals surface area contributed by atoms with Crippen LogP contribution in [0, 0.1) is 11.8 Å². The van der Waals surface area contributed by atoms with E-state index in [-0.39, 0.29) is 24.1 Å². The monoisotopic (exact) mass is 418 g/mol. The Morgan fingerprint density at radius 3 is 2.52 bits per heavy atom. The Labute approximate surface area is 175 Å². The molecule has 2 aliphatic carbocycles. The Kier molecular flexibility index (Phi) is 7.72. The molecule has 0 bridgehead atoms. The predicted molar refractivity (Wildman–Crippen MR) is 116 cm³/mol. The molecule has 0 saturated heterocycles. The van der Waals surface area contributed by atoms with Gasteiger partial charge in [0, 0.05) is 7.11 Å². The number of hydrogen-bond donors (Lipinski definition) is 0. The van der Waals surface area contributed by atoms with Crippen molar-refractivity contribution >= 4 is 9.84 Å². The summed E-state index contributed by atoms with van der Waals surface area (Å²) in [4.78, 5) is 0.442. The molecule has 2 unspecified atom stereocenters. The fourth-order valence-corrected chi connectivity index (χ4v) is 7.09. The van der Waals surface area contributed by atoms with Crippen LogP contribution in [0.25, 0.3) is 0 Å². The van der Waals surface area contributed by atoms with Gasteiger partial charge in [-0.3, -0.25) is 0 Å². The maximum Gasteiger partial charge on any atom is 0.181 e. The van der Waals surface area contributed by atoms with E-state index in [2.05, 4.69) is 19.1 Å². The van der Waals surface area contributed by atoms with E-state index in [1.54, 1.807) is 19.2 Å². The molecule has 0 aromatic heterocycles. The van der Waals surface area contributed by atoms with Gasteiger partial charge in [0.15, 0.2) is 9.84 Å². The summed E-state index contributed by atoms with van der Waals surface area (Å²) >= 11 is 0. The van der Waals surface area contributed by atoms with Crippen LogP contribution < -0.4 is 0 Å². The first kappa shape index (κ1) is 22.3. The Morgan fingerprint density at radius 1 is 1.03 bits per heavy atom. The van der Waals surface area contributed by atoms with Crippen molar-refractivity contribution < 1.29 is 17.9 Å². The van der Waals surface area contributed by atoms with E-state index in [9.17, 15) is 8.42 Å². The van der Waals surface area contributed by atoms with Gasteiger partial charge in [-0.05, 0) is 69.9 Å². The molecule has 0 aliphatic heterocycles. The Morgan fingerprint density at radius 2 is 1.79 bits per heavy atom. The van der Waals surface area contributed by atoms with Crippen LogP contribution in [0.3, 0.4) is 0 Å². The zero-order chi connectivity index (χ0) is 20.9. The van der Waals surface area contributed by atoms with E-state index < -0.39 is 9.84 Å². The number of methoxy groups -OCH3 is 1. The Bertz CT molecular complexity index is 826. The van der Waals surface area contributed by atoms with Crippen LogP contribution in [0.5, 0.6) is 0 Å². The van der Waals surface area contributed by atoms with Crippen LogP contribution in [0.4, 0.5) is 0 Å². The minimum absolute atomic E-state index is 0.0933. The summed E-state index contributed by atoms with van der Waals surface area (Å²) in [5.41, 5.74) is 2.38. The van der Waals surface area contributed by atoms with Gasteiger partial charge in [0.05, 0.1) is 16.2 Å². The van der Waals surface area contributed by atoms with Gasteiger partial charge in [0.2, 0.25) is 0 Å². The van der Waals surface area contributed by atoms with Gasteiger partial charge in [0.25, 0.3) is 0 Å². The van der Waals surface area contributed by atoms with Crippen LogP contribution >= 0.6 is 0 Å². The lowest BCUT2D eigenvalue weighted by atomic mass is 9.87. The second kappa shape index (κ2) is 10.1. The number of allylic oxidation sites excluding steroid dienone is 2. The summed E-state index contributed by atoms with van der Waals surface area (Å²) in [7, 11) is -1.78. The van der Waals surface area contributed by atoms with Crippen LogP contribution in [0.1, 0.15) is 52.4 Å². The number of rotatable bonds is 5. The van der Waals surface area contributed by atoms with Gasteiger partial charge in [-0.25, -0.2) is 8.42 Å². The molecule has 5 heteroatoms. The minimum Gasteiger partial charge on any atom is -0.359 e. The highest BCUT2D eigenvalue weighted by Gasteiger charge is 2.41. The zero-order valence-corrected chi connectivity index (χ0v) is 18.7. The maximum atomic E-state index is 13.6. The molecule has 0 radical (unpaired) electrons. The van der Waals surface area contributed by atoms with Crippen molar-refractivity contribution in [3.63, 3.8) is 0 Å². The third-order valence-electron chi connectivity index (χ3n) is 6.35. The number of hydrogen-bond acceptors (Lipinski definition) is 4. The smallest absolute Gasteiger partial charge is 0.181 e. The normalized spacial score (nSPS) is 32.4. The third-order valence-corrected chi connectivity index (χ3v) is 8.59. The second-order valence-corrected chi connectivity index (χ2v) is 10.7. The summed E-state index contributed by atoms with van der Waals surface area (Å²) in [6.07, 6.45) is 9.85. The first-order valence-electron chi connectivity index (χ1n) is 10.6. The lowest BCUT2D eigenvalue weighted by Gasteiger charge is -2.29. The van der Waals surface area contributed by atoms with Crippen LogP contribution in [0.15, 0.2) is 58.5 Å². The average molecular weight is 419 g/mol. The van der Waals surface area contributed by atoms with Crippen LogP contribution in [-0.4, -0.2) is 33.7 Å².